The largest absolute Gasteiger partial charge is 0.0854 e. The lowest BCUT2D eigenvalue weighted by atomic mass is 9.71. The van der Waals surface area contributed by atoms with Crippen LogP contribution in [0.3, 0.4) is 0 Å². The topological polar surface area (TPSA) is 0 Å². The molecular weight excluding hydrogens is 204 g/mol. The van der Waals surface area contributed by atoms with Crippen molar-refractivity contribution in [1.82, 2.24) is 0 Å². The van der Waals surface area contributed by atoms with Crippen LogP contribution in [0.15, 0.2) is 24.3 Å². The highest BCUT2D eigenvalue weighted by Gasteiger charge is 2.28. The van der Waals surface area contributed by atoms with E-state index < -0.39 is 0 Å². The molecule has 0 fully saturated rings. The Kier molecular flexibility index (Phi) is 4.12. The fourth-order valence-corrected chi connectivity index (χ4v) is 3.63. The minimum absolute atomic E-state index is 0.783. The molecule has 0 heterocycles. The van der Waals surface area contributed by atoms with Gasteiger partial charge in [0.1, 0.15) is 0 Å². The first-order chi connectivity index (χ1) is 8.06. The van der Waals surface area contributed by atoms with Crippen LogP contribution in [0.2, 0.25) is 0 Å². The predicted molar refractivity (Wildman–Crippen MR) is 75.8 cm³/mol. The summed E-state index contributed by atoms with van der Waals surface area (Å²) in [6, 6.07) is 0. The van der Waals surface area contributed by atoms with E-state index in [9.17, 15) is 0 Å². The number of hydrogen-bond donors (Lipinski definition) is 0. The van der Waals surface area contributed by atoms with Gasteiger partial charge in [-0.3, -0.25) is 0 Å². The molecule has 0 aromatic heterocycles. The van der Waals surface area contributed by atoms with Gasteiger partial charge in [0.25, 0.3) is 0 Å². The fourth-order valence-electron chi connectivity index (χ4n) is 3.63. The van der Waals surface area contributed by atoms with Gasteiger partial charge >= 0.3 is 0 Å². The summed E-state index contributed by atoms with van der Waals surface area (Å²) in [6.45, 7) is 9.54. The quantitative estimate of drug-likeness (QED) is 0.583. The number of rotatable bonds is 2. The molecule has 0 heteroatoms. The molecule has 2 aliphatic rings. The standard InChI is InChI=1S/C17H28/c1-12-6-8-16(15(4)9-12)11-17-10-13(2)5-7-14(17)3/h5-8,12-17H,9-11H2,1-4H3. The average molecular weight is 232 g/mol. The number of allylic oxidation sites excluding steroid dienone is 4. The minimum Gasteiger partial charge on any atom is -0.0854 e. The van der Waals surface area contributed by atoms with Crippen molar-refractivity contribution in [3.05, 3.63) is 24.3 Å². The van der Waals surface area contributed by atoms with Crippen molar-refractivity contribution in [3.8, 4) is 0 Å². The van der Waals surface area contributed by atoms with Crippen LogP contribution >= 0.6 is 0 Å². The van der Waals surface area contributed by atoms with E-state index in [2.05, 4.69) is 52.0 Å². The van der Waals surface area contributed by atoms with E-state index in [0.29, 0.717) is 0 Å². The molecule has 6 unspecified atom stereocenters. The van der Waals surface area contributed by atoms with Crippen LogP contribution in [0.1, 0.15) is 47.0 Å². The van der Waals surface area contributed by atoms with E-state index in [1.165, 1.54) is 19.3 Å². The van der Waals surface area contributed by atoms with Gasteiger partial charge in [0, 0.05) is 0 Å². The summed E-state index contributed by atoms with van der Waals surface area (Å²) in [4.78, 5) is 0. The maximum absolute atomic E-state index is 2.51. The molecule has 0 saturated carbocycles. The molecule has 17 heavy (non-hydrogen) atoms. The molecule has 0 aromatic rings. The van der Waals surface area contributed by atoms with E-state index in [-0.39, 0.29) is 0 Å². The molecule has 0 amide bonds. The molecular formula is C17H28. The normalized spacial score (nSPS) is 46.1. The molecule has 2 aliphatic carbocycles. The first kappa shape index (κ1) is 12.9. The van der Waals surface area contributed by atoms with Gasteiger partial charge in [-0.25, -0.2) is 0 Å². The molecule has 0 radical (unpaired) electrons. The third kappa shape index (κ3) is 3.24. The smallest absolute Gasteiger partial charge is 0.0205 e. The monoisotopic (exact) mass is 232 g/mol. The SMILES string of the molecule is CC1C=CC(CC2CC(C)C=CC2C)C(C)C1. The van der Waals surface area contributed by atoms with Crippen LogP contribution in [-0.2, 0) is 0 Å². The molecule has 0 aromatic carbocycles. The van der Waals surface area contributed by atoms with E-state index in [4.69, 9.17) is 0 Å². The lowest BCUT2D eigenvalue weighted by molar-refractivity contribution is 0.232. The fraction of sp³-hybridized carbons (Fsp3) is 0.765. The third-order valence-electron chi connectivity index (χ3n) is 4.90. The highest BCUT2D eigenvalue weighted by molar-refractivity contribution is 5.03. The summed E-state index contributed by atoms with van der Waals surface area (Å²) >= 11 is 0. The summed E-state index contributed by atoms with van der Waals surface area (Å²) in [5.41, 5.74) is 0. The van der Waals surface area contributed by atoms with Crippen LogP contribution < -0.4 is 0 Å². The Morgan fingerprint density at radius 1 is 0.824 bits per heavy atom. The Morgan fingerprint density at radius 2 is 1.47 bits per heavy atom. The second-order valence-electron chi connectivity index (χ2n) is 6.69. The van der Waals surface area contributed by atoms with Crippen molar-refractivity contribution in [2.45, 2.75) is 47.0 Å². The minimum atomic E-state index is 0.783. The highest BCUT2D eigenvalue weighted by Crippen LogP contribution is 2.38. The Labute approximate surface area is 107 Å². The van der Waals surface area contributed by atoms with E-state index in [1.807, 2.05) is 0 Å². The summed E-state index contributed by atoms with van der Waals surface area (Å²) in [6.07, 6.45) is 14.0. The molecule has 0 nitrogen and oxygen atoms in total. The molecule has 0 N–H and O–H groups in total. The van der Waals surface area contributed by atoms with Gasteiger partial charge in [-0.15, -0.1) is 0 Å². The van der Waals surface area contributed by atoms with E-state index in [1.54, 1.807) is 0 Å². The molecule has 0 bridgehead atoms. The number of hydrogen-bond acceptors (Lipinski definition) is 0. The molecule has 6 atom stereocenters. The van der Waals surface area contributed by atoms with Gasteiger partial charge in [-0.1, -0.05) is 52.0 Å². The summed E-state index contributed by atoms with van der Waals surface area (Å²) in [7, 11) is 0. The second-order valence-corrected chi connectivity index (χ2v) is 6.69. The van der Waals surface area contributed by atoms with Gasteiger partial charge in [-0.05, 0) is 54.8 Å². The summed E-state index contributed by atoms with van der Waals surface area (Å²) in [5.74, 6) is 4.98. The lowest BCUT2D eigenvalue weighted by Crippen LogP contribution is -2.25. The third-order valence-corrected chi connectivity index (χ3v) is 4.90. The zero-order chi connectivity index (χ0) is 12.4. The Balaban J connectivity index is 1.96. The Bertz CT molecular complexity index is 299. The summed E-state index contributed by atoms with van der Waals surface area (Å²) < 4.78 is 0. The van der Waals surface area contributed by atoms with Crippen LogP contribution in [0.25, 0.3) is 0 Å². The Hall–Kier alpha value is -0.520. The van der Waals surface area contributed by atoms with Gasteiger partial charge in [0.05, 0.1) is 0 Å². The van der Waals surface area contributed by atoms with E-state index in [0.717, 1.165) is 35.5 Å². The molecule has 2 rings (SSSR count). The van der Waals surface area contributed by atoms with Crippen molar-refractivity contribution < 1.29 is 0 Å². The second kappa shape index (κ2) is 5.42. The van der Waals surface area contributed by atoms with Gasteiger partial charge in [0.2, 0.25) is 0 Å². The first-order valence-electron chi connectivity index (χ1n) is 7.43. The zero-order valence-corrected chi connectivity index (χ0v) is 11.9. The van der Waals surface area contributed by atoms with Crippen molar-refractivity contribution in [1.29, 1.82) is 0 Å². The first-order valence-corrected chi connectivity index (χ1v) is 7.43. The maximum Gasteiger partial charge on any atom is -0.0205 e. The maximum atomic E-state index is 2.51. The predicted octanol–water partition coefficient (Wildman–Crippen LogP) is 5.07. The zero-order valence-electron chi connectivity index (χ0n) is 11.9. The Morgan fingerprint density at radius 3 is 2.18 bits per heavy atom. The molecule has 0 spiro atoms. The highest BCUT2D eigenvalue weighted by atomic mass is 14.3. The van der Waals surface area contributed by atoms with Crippen LogP contribution in [-0.4, -0.2) is 0 Å². The van der Waals surface area contributed by atoms with Crippen molar-refractivity contribution in [2.24, 2.45) is 35.5 Å². The van der Waals surface area contributed by atoms with Crippen molar-refractivity contribution >= 4 is 0 Å². The van der Waals surface area contributed by atoms with Gasteiger partial charge in [-0.2, -0.15) is 0 Å². The molecule has 0 saturated heterocycles. The van der Waals surface area contributed by atoms with Gasteiger partial charge < -0.3 is 0 Å². The van der Waals surface area contributed by atoms with Gasteiger partial charge in [0.15, 0.2) is 0 Å². The molecule has 0 aliphatic heterocycles. The lowest BCUT2D eigenvalue weighted by Gasteiger charge is -2.35. The van der Waals surface area contributed by atoms with Crippen molar-refractivity contribution in [3.63, 3.8) is 0 Å². The van der Waals surface area contributed by atoms with Crippen molar-refractivity contribution in [2.75, 3.05) is 0 Å². The van der Waals surface area contributed by atoms with E-state index >= 15 is 0 Å². The van der Waals surface area contributed by atoms with Crippen LogP contribution in [0.5, 0.6) is 0 Å². The van der Waals surface area contributed by atoms with Crippen LogP contribution in [0, 0.1) is 35.5 Å². The average Bonchev–Trinajstić information content (AvgIpc) is 2.27. The molecule has 96 valence electrons. The summed E-state index contributed by atoms with van der Waals surface area (Å²) in [5, 5.41) is 0. The van der Waals surface area contributed by atoms with Crippen LogP contribution in [0.4, 0.5) is 0 Å².